The number of halogens is 1. The molecule has 0 aliphatic carbocycles. The zero-order valence-electron chi connectivity index (χ0n) is 22.1. The normalized spacial score (nSPS) is 16.0. The van der Waals surface area contributed by atoms with Crippen molar-refractivity contribution in [1.29, 1.82) is 0 Å². The highest BCUT2D eigenvalue weighted by Crippen LogP contribution is 2.42. The first-order valence-corrected chi connectivity index (χ1v) is 13.4. The van der Waals surface area contributed by atoms with Crippen LogP contribution in [-0.4, -0.2) is 29.6 Å². The molecule has 40 heavy (non-hydrogen) atoms. The largest absolute Gasteiger partial charge is 0.458 e. The van der Waals surface area contributed by atoms with E-state index in [0.717, 1.165) is 52.3 Å². The van der Waals surface area contributed by atoms with Crippen LogP contribution in [0, 0.1) is 5.82 Å². The first-order valence-electron chi connectivity index (χ1n) is 13.0. The molecule has 1 amide bonds. The van der Waals surface area contributed by atoms with E-state index in [2.05, 4.69) is 34.2 Å². The number of rotatable bonds is 4. The third kappa shape index (κ3) is 3.63. The fraction of sp³-hybridized carbons (Fsp3) is 0.200. The number of nitrogens with one attached hydrogen (secondary N) is 2. The lowest BCUT2D eigenvalue weighted by molar-refractivity contribution is 0.0957. The van der Waals surface area contributed by atoms with Crippen molar-refractivity contribution >= 4 is 46.3 Å². The first kappa shape index (κ1) is 24.7. The summed E-state index contributed by atoms with van der Waals surface area (Å²) < 4.78 is 24.8. The maximum absolute atomic E-state index is 14.6. The Hall–Kier alpha value is -4.28. The Balaban J connectivity index is 1.45. The van der Waals surface area contributed by atoms with Crippen LogP contribution in [0.15, 0.2) is 64.8 Å². The monoisotopic (exact) mass is 555 g/mol. The molecule has 0 saturated carbocycles. The van der Waals surface area contributed by atoms with Crippen LogP contribution in [-0.2, 0) is 17.8 Å². The minimum atomic E-state index is -0.399. The van der Waals surface area contributed by atoms with Crippen LogP contribution in [0.1, 0.15) is 34.6 Å². The summed E-state index contributed by atoms with van der Waals surface area (Å²) in [5.41, 5.74) is 10.7. The summed E-state index contributed by atoms with van der Waals surface area (Å²) in [6.45, 7) is 2.67. The second-order valence-electron chi connectivity index (χ2n) is 10.1. The lowest BCUT2D eigenvalue weighted by Crippen LogP contribution is -2.22. The van der Waals surface area contributed by atoms with Crippen LogP contribution in [0.2, 0.25) is 0 Å². The van der Waals surface area contributed by atoms with Crippen LogP contribution >= 0.6 is 12.8 Å². The minimum Gasteiger partial charge on any atom is -0.458 e. The lowest BCUT2D eigenvalue weighted by atomic mass is 9.98. The Morgan fingerprint density at radius 3 is 2.83 bits per heavy atom. The molecule has 7 rings (SSSR count). The van der Waals surface area contributed by atoms with Crippen LogP contribution in [0.5, 0.6) is 0 Å². The number of fused-ring (bicyclic) bond motifs is 6. The van der Waals surface area contributed by atoms with E-state index in [0.29, 0.717) is 33.4 Å². The molecule has 3 aromatic heterocycles. The van der Waals surface area contributed by atoms with Gasteiger partial charge in [-0.1, -0.05) is 24.9 Å². The van der Waals surface area contributed by atoms with Gasteiger partial charge in [0.2, 0.25) is 0 Å². The molecule has 2 N–H and O–H groups in total. The fourth-order valence-corrected chi connectivity index (χ4v) is 5.95. The van der Waals surface area contributed by atoms with E-state index in [1.54, 1.807) is 23.7 Å². The molecular formula is C30H26FN5O3S. The Morgan fingerprint density at radius 1 is 1.23 bits per heavy atom. The van der Waals surface area contributed by atoms with Gasteiger partial charge in [0, 0.05) is 43.0 Å². The summed E-state index contributed by atoms with van der Waals surface area (Å²) >= 11 is 4.61. The molecule has 1 unspecified atom stereocenters. The van der Waals surface area contributed by atoms with Crippen molar-refractivity contribution in [1.82, 2.24) is 20.3 Å². The number of carbonyl (C=O) groups excluding carboxylic acids is 1. The third-order valence-electron chi connectivity index (χ3n) is 7.78. The quantitative estimate of drug-likeness (QED) is 0.238. The van der Waals surface area contributed by atoms with Gasteiger partial charge in [-0.2, -0.15) is 0 Å². The predicted molar refractivity (Wildman–Crippen MR) is 156 cm³/mol. The van der Waals surface area contributed by atoms with Crippen molar-refractivity contribution in [2.45, 2.75) is 25.9 Å². The van der Waals surface area contributed by atoms with Gasteiger partial charge in [-0.25, -0.2) is 9.37 Å². The van der Waals surface area contributed by atoms with E-state index < -0.39 is 6.04 Å². The second-order valence-corrected chi connectivity index (χ2v) is 10.7. The molecule has 0 spiro atoms. The number of nitrogens with zero attached hydrogens (tertiary/aromatic N) is 3. The molecule has 2 aromatic carbocycles. The summed E-state index contributed by atoms with van der Waals surface area (Å²) in [6, 6.07) is 14.5. The van der Waals surface area contributed by atoms with Crippen LogP contribution in [0.3, 0.4) is 0 Å². The summed E-state index contributed by atoms with van der Waals surface area (Å²) in [4.78, 5) is 23.6. The summed E-state index contributed by atoms with van der Waals surface area (Å²) in [5, 5.41) is 3.98. The zero-order chi connectivity index (χ0) is 27.7. The molecule has 0 fully saturated rings. The number of pyridine rings is 1. The average Bonchev–Trinajstić information content (AvgIpc) is 3.66. The fourth-order valence-electron chi connectivity index (χ4n) is 5.78. The van der Waals surface area contributed by atoms with Gasteiger partial charge in [0.15, 0.2) is 0 Å². The van der Waals surface area contributed by atoms with Gasteiger partial charge in [0.25, 0.3) is 5.91 Å². The zero-order valence-corrected chi connectivity index (χ0v) is 23.0. The first-order chi connectivity index (χ1) is 19.4. The molecule has 5 heterocycles. The Kier molecular flexibility index (Phi) is 5.65. The van der Waals surface area contributed by atoms with Crippen molar-refractivity contribution in [3.05, 3.63) is 83.1 Å². The average molecular weight is 556 g/mol. The molecule has 0 bridgehead atoms. The predicted octanol–water partition coefficient (Wildman–Crippen LogP) is 5.93. The Bertz CT molecular complexity index is 1890. The lowest BCUT2D eigenvalue weighted by Gasteiger charge is -2.21. The molecule has 8 nitrogen and oxygen atoms in total. The standard InChI is InChI=1S/C30H26FN5O3S/c1-15-14-38-34-27(15)29-26(30(37)32-2)19-11-18(23(35(3)40)13-25(19)39-29)21-8-7-16-9-10-36-22-6-4-5-20(31)17(22)12-24(36)28(16)33-21/h4-8,11-14,27,34,40H,9-10H2,1-3H3,(H,32,37). The molecular weight excluding hydrogens is 529 g/mol. The molecule has 2 aliphatic rings. The number of carbonyl (C=O) groups is 1. The van der Waals surface area contributed by atoms with Gasteiger partial charge in [-0.15, -0.1) is 5.48 Å². The minimum absolute atomic E-state index is 0.244. The van der Waals surface area contributed by atoms with E-state index in [4.69, 9.17) is 14.2 Å². The number of hydroxylamine groups is 1. The molecule has 0 saturated heterocycles. The van der Waals surface area contributed by atoms with Crippen molar-refractivity contribution in [2.24, 2.45) is 0 Å². The Morgan fingerprint density at radius 2 is 2.08 bits per heavy atom. The van der Waals surface area contributed by atoms with E-state index in [1.807, 2.05) is 44.3 Å². The number of amides is 1. The second kappa shape index (κ2) is 9.14. The van der Waals surface area contributed by atoms with Crippen LogP contribution in [0.25, 0.3) is 44.5 Å². The van der Waals surface area contributed by atoms with Crippen molar-refractivity contribution in [2.75, 3.05) is 18.4 Å². The van der Waals surface area contributed by atoms with Gasteiger partial charge in [-0.3, -0.25) is 4.79 Å². The van der Waals surface area contributed by atoms with Gasteiger partial charge < -0.3 is 23.4 Å². The maximum Gasteiger partial charge on any atom is 0.255 e. The molecule has 10 heteroatoms. The van der Waals surface area contributed by atoms with E-state index >= 15 is 0 Å². The maximum atomic E-state index is 14.6. The number of furan rings is 1. The SMILES string of the molecule is CNC(=O)c1c(C2NOC=C2C)oc2cc(N(C)S)c(-c3ccc4c(n3)-c3cc5c(F)cccc5n3CC4)cc12. The summed E-state index contributed by atoms with van der Waals surface area (Å²) in [7, 11) is 3.42. The van der Waals surface area contributed by atoms with Gasteiger partial charge in [0.05, 0.1) is 33.8 Å². The number of anilines is 1. The number of aryl methyl sites for hydroxylation is 2. The molecule has 5 aromatic rings. The highest BCUT2D eigenvalue weighted by Gasteiger charge is 2.32. The Labute approximate surface area is 234 Å². The number of benzene rings is 2. The third-order valence-corrected chi connectivity index (χ3v) is 7.99. The van der Waals surface area contributed by atoms with E-state index in [9.17, 15) is 9.18 Å². The number of hydrogen-bond acceptors (Lipinski definition) is 7. The van der Waals surface area contributed by atoms with Gasteiger partial charge in [-0.05, 0) is 54.8 Å². The van der Waals surface area contributed by atoms with E-state index in [1.165, 1.54) is 6.07 Å². The van der Waals surface area contributed by atoms with Crippen molar-refractivity contribution < 1.29 is 18.4 Å². The molecule has 0 radical (unpaired) electrons. The van der Waals surface area contributed by atoms with Gasteiger partial charge in [0.1, 0.15) is 29.5 Å². The van der Waals surface area contributed by atoms with Gasteiger partial charge >= 0.3 is 0 Å². The number of thiol groups is 1. The van der Waals surface area contributed by atoms with E-state index in [-0.39, 0.29) is 11.7 Å². The smallest absolute Gasteiger partial charge is 0.255 e. The topological polar surface area (TPSA) is 84.6 Å². The summed E-state index contributed by atoms with van der Waals surface area (Å²) in [6.07, 6.45) is 2.40. The number of hydrogen-bond donors (Lipinski definition) is 3. The number of aromatic nitrogens is 2. The molecule has 1 atom stereocenters. The van der Waals surface area contributed by atoms with Crippen LogP contribution < -0.4 is 15.1 Å². The summed E-state index contributed by atoms with van der Waals surface area (Å²) in [5.74, 6) is -0.0418. The van der Waals surface area contributed by atoms with Crippen LogP contribution in [0.4, 0.5) is 10.1 Å². The van der Waals surface area contributed by atoms with Crippen molar-refractivity contribution in [3.63, 3.8) is 0 Å². The highest BCUT2D eigenvalue weighted by atomic mass is 32.1. The molecule has 2 aliphatic heterocycles. The molecule has 202 valence electrons. The van der Waals surface area contributed by atoms with Crippen molar-refractivity contribution in [3.8, 4) is 22.6 Å². The highest BCUT2D eigenvalue weighted by molar-refractivity contribution is 7.81.